The standard InChI is InChI=1S/C32H51F/c1-25-6-16-29(17-7-25)31-20-22-32(23-21-31)30-18-14-28(15-19-30)13-12-27-10-8-26(9-11-27)5-3-2-4-24-33/h6-7,16-17,26-28,30-32H,2-5,8-15,18-24H2,1H3/t26-,27-,28-,30-,31?,32?. The van der Waals surface area contributed by atoms with Crippen LogP contribution in [0, 0.1) is 36.5 Å². The molecular formula is C32H51F. The van der Waals surface area contributed by atoms with Crippen LogP contribution in [-0.4, -0.2) is 6.67 Å². The summed E-state index contributed by atoms with van der Waals surface area (Å²) >= 11 is 0. The maximum Gasteiger partial charge on any atom is 0.0894 e. The van der Waals surface area contributed by atoms with E-state index in [9.17, 15) is 4.39 Å². The zero-order valence-electron chi connectivity index (χ0n) is 21.6. The number of benzene rings is 1. The van der Waals surface area contributed by atoms with E-state index in [1.807, 2.05) is 0 Å². The topological polar surface area (TPSA) is 0 Å². The molecule has 0 aromatic heterocycles. The zero-order valence-corrected chi connectivity index (χ0v) is 21.6. The Morgan fingerprint density at radius 2 is 1.06 bits per heavy atom. The van der Waals surface area contributed by atoms with E-state index in [2.05, 4.69) is 31.2 Å². The Labute approximate surface area is 204 Å². The summed E-state index contributed by atoms with van der Waals surface area (Å²) < 4.78 is 12.2. The number of alkyl halides is 1. The summed E-state index contributed by atoms with van der Waals surface area (Å²) in [6.45, 7) is 2.08. The monoisotopic (exact) mass is 454 g/mol. The predicted octanol–water partition coefficient (Wildman–Crippen LogP) is 10.2. The first-order valence-electron chi connectivity index (χ1n) is 14.8. The summed E-state index contributed by atoms with van der Waals surface area (Å²) in [5.41, 5.74) is 2.98. The van der Waals surface area contributed by atoms with Crippen molar-refractivity contribution in [2.75, 3.05) is 6.67 Å². The third-order valence-electron chi connectivity index (χ3n) is 10.1. The third kappa shape index (κ3) is 7.83. The average molecular weight is 455 g/mol. The molecule has 1 aromatic rings. The van der Waals surface area contributed by atoms with Gasteiger partial charge >= 0.3 is 0 Å². The van der Waals surface area contributed by atoms with Crippen molar-refractivity contribution in [1.29, 1.82) is 0 Å². The van der Waals surface area contributed by atoms with Crippen LogP contribution in [0.25, 0.3) is 0 Å². The second kappa shape index (κ2) is 13.3. The summed E-state index contributed by atoms with van der Waals surface area (Å²) in [5, 5.41) is 0. The van der Waals surface area contributed by atoms with Crippen LogP contribution >= 0.6 is 0 Å². The number of hydrogen-bond donors (Lipinski definition) is 0. The first-order valence-corrected chi connectivity index (χ1v) is 14.8. The van der Waals surface area contributed by atoms with Crippen molar-refractivity contribution in [3.8, 4) is 0 Å². The Balaban J connectivity index is 1.07. The van der Waals surface area contributed by atoms with Crippen molar-refractivity contribution in [3.63, 3.8) is 0 Å². The van der Waals surface area contributed by atoms with Crippen molar-refractivity contribution in [2.24, 2.45) is 29.6 Å². The maximum atomic E-state index is 12.2. The highest BCUT2D eigenvalue weighted by Crippen LogP contribution is 2.45. The van der Waals surface area contributed by atoms with E-state index < -0.39 is 0 Å². The zero-order chi connectivity index (χ0) is 22.9. The highest BCUT2D eigenvalue weighted by molar-refractivity contribution is 5.24. The Hall–Kier alpha value is -0.850. The predicted molar refractivity (Wildman–Crippen MR) is 140 cm³/mol. The molecule has 0 N–H and O–H groups in total. The highest BCUT2D eigenvalue weighted by atomic mass is 19.1. The first kappa shape index (κ1) is 25.2. The highest BCUT2D eigenvalue weighted by Gasteiger charge is 2.31. The van der Waals surface area contributed by atoms with Gasteiger partial charge in [0.2, 0.25) is 0 Å². The normalized spacial score (nSPS) is 33.2. The molecule has 186 valence electrons. The number of rotatable bonds is 10. The van der Waals surface area contributed by atoms with Gasteiger partial charge in [-0.1, -0.05) is 100 Å². The molecule has 1 heteroatoms. The third-order valence-corrected chi connectivity index (χ3v) is 10.1. The summed E-state index contributed by atoms with van der Waals surface area (Å²) in [4.78, 5) is 0. The van der Waals surface area contributed by atoms with Crippen molar-refractivity contribution >= 4 is 0 Å². The van der Waals surface area contributed by atoms with Crippen LogP contribution in [0.2, 0.25) is 0 Å². The van der Waals surface area contributed by atoms with E-state index >= 15 is 0 Å². The van der Waals surface area contributed by atoms with E-state index in [0.29, 0.717) is 0 Å². The van der Waals surface area contributed by atoms with Gasteiger partial charge in [0.05, 0.1) is 6.67 Å². The lowest BCUT2D eigenvalue weighted by Gasteiger charge is -2.38. The minimum Gasteiger partial charge on any atom is -0.251 e. The van der Waals surface area contributed by atoms with Gasteiger partial charge in [-0.3, -0.25) is 4.39 Å². The van der Waals surface area contributed by atoms with Gasteiger partial charge in [-0.05, 0) is 92.9 Å². The maximum absolute atomic E-state index is 12.2. The van der Waals surface area contributed by atoms with Gasteiger partial charge in [0.25, 0.3) is 0 Å². The Kier molecular flexibility index (Phi) is 10.2. The summed E-state index contributed by atoms with van der Waals surface area (Å²) in [6.07, 6.45) is 25.3. The van der Waals surface area contributed by atoms with Crippen LogP contribution in [0.1, 0.15) is 133 Å². The van der Waals surface area contributed by atoms with Crippen molar-refractivity contribution in [1.82, 2.24) is 0 Å². The van der Waals surface area contributed by atoms with Gasteiger partial charge in [0.1, 0.15) is 0 Å². The first-order chi connectivity index (χ1) is 16.2. The van der Waals surface area contributed by atoms with Gasteiger partial charge in [-0.2, -0.15) is 0 Å². The van der Waals surface area contributed by atoms with Crippen LogP contribution in [0.5, 0.6) is 0 Å². The van der Waals surface area contributed by atoms with E-state index in [4.69, 9.17) is 0 Å². The molecule has 0 saturated heterocycles. The molecule has 3 fully saturated rings. The number of halogens is 1. The molecule has 0 heterocycles. The molecule has 0 bridgehead atoms. The fourth-order valence-corrected chi connectivity index (χ4v) is 7.70. The molecule has 1 aromatic carbocycles. The SMILES string of the molecule is Cc1ccc(C2CCC([C@H]3CC[C@H](CC[C@H]4CC[C@H](CCCCCF)CC4)CC3)CC2)cc1. The molecule has 3 aliphatic rings. The summed E-state index contributed by atoms with van der Waals surface area (Å²) in [7, 11) is 0. The van der Waals surface area contributed by atoms with E-state index in [1.165, 1.54) is 108 Å². The fourth-order valence-electron chi connectivity index (χ4n) is 7.70. The lowest BCUT2D eigenvalue weighted by molar-refractivity contribution is 0.149. The number of aryl methyl sites for hydroxylation is 1. The molecule has 0 amide bonds. The van der Waals surface area contributed by atoms with Crippen LogP contribution in [0.4, 0.5) is 4.39 Å². The molecular weight excluding hydrogens is 403 g/mol. The molecule has 4 rings (SSSR count). The van der Waals surface area contributed by atoms with Gasteiger partial charge in [0.15, 0.2) is 0 Å². The molecule has 0 spiro atoms. The molecule has 0 aliphatic heterocycles. The summed E-state index contributed by atoms with van der Waals surface area (Å²) in [6, 6.07) is 9.36. The number of hydrogen-bond acceptors (Lipinski definition) is 0. The fraction of sp³-hybridized carbons (Fsp3) is 0.812. The molecule has 0 atom stereocenters. The number of unbranched alkanes of at least 4 members (excludes halogenated alkanes) is 2. The average Bonchev–Trinajstić information content (AvgIpc) is 2.87. The molecule has 0 unspecified atom stereocenters. The molecule has 0 radical (unpaired) electrons. The second-order valence-electron chi connectivity index (χ2n) is 12.3. The van der Waals surface area contributed by atoms with Crippen LogP contribution < -0.4 is 0 Å². The largest absolute Gasteiger partial charge is 0.251 e. The smallest absolute Gasteiger partial charge is 0.0894 e. The second-order valence-corrected chi connectivity index (χ2v) is 12.3. The van der Waals surface area contributed by atoms with Crippen molar-refractivity contribution < 1.29 is 4.39 Å². The molecule has 33 heavy (non-hydrogen) atoms. The van der Waals surface area contributed by atoms with Crippen LogP contribution in [-0.2, 0) is 0 Å². The summed E-state index contributed by atoms with van der Waals surface area (Å²) in [5.74, 6) is 5.88. The quantitative estimate of drug-likeness (QED) is 0.308. The van der Waals surface area contributed by atoms with Gasteiger partial charge in [-0.15, -0.1) is 0 Å². The minimum atomic E-state index is -0.121. The van der Waals surface area contributed by atoms with Gasteiger partial charge in [0, 0.05) is 0 Å². The minimum absolute atomic E-state index is 0.121. The van der Waals surface area contributed by atoms with Crippen molar-refractivity contribution in [2.45, 2.75) is 128 Å². The Morgan fingerprint density at radius 3 is 1.61 bits per heavy atom. The Morgan fingerprint density at radius 1 is 0.576 bits per heavy atom. The van der Waals surface area contributed by atoms with Gasteiger partial charge < -0.3 is 0 Å². The van der Waals surface area contributed by atoms with E-state index in [0.717, 1.165) is 48.3 Å². The van der Waals surface area contributed by atoms with E-state index in [1.54, 1.807) is 5.56 Å². The van der Waals surface area contributed by atoms with Crippen molar-refractivity contribution in [3.05, 3.63) is 35.4 Å². The lowest BCUT2D eigenvalue weighted by atomic mass is 9.67. The van der Waals surface area contributed by atoms with E-state index in [-0.39, 0.29) is 6.67 Å². The Bertz CT molecular complexity index is 640. The molecule has 0 nitrogen and oxygen atoms in total. The van der Waals surface area contributed by atoms with Crippen LogP contribution in [0.15, 0.2) is 24.3 Å². The molecule has 3 saturated carbocycles. The molecule has 3 aliphatic carbocycles. The van der Waals surface area contributed by atoms with Crippen LogP contribution in [0.3, 0.4) is 0 Å². The van der Waals surface area contributed by atoms with Gasteiger partial charge in [-0.25, -0.2) is 0 Å². The lowest BCUT2D eigenvalue weighted by Crippen LogP contribution is -2.25.